The molecule has 1 aromatic carbocycles. The monoisotopic (exact) mass is 224 g/mol. The van der Waals surface area contributed by atoms with Crippen molar-refractivity contribution in [3.8, 4) is 17.2 Å². The van der Waals surface area contributed by atoms with Crippen molar-refractivity contribution < 1.29 is 24.5 Å². The molecule has 0 amide bonds. The zero-order valence-electron chi connectivity index (χ0n) is 8.60. The van der Waals surface area contributed by atoms with E-state index in [-0.39, 0.29) is 12.2 Å². The van der Waals surface area contributed by atoms with E-state index >= 15 is 0 Å². The maximum atomic E-state index is 10.6. The van der Waals surface area contributed by atoms with Crippen LogP contribution in [0.15, 0.2) is 12.1 Å². The van der Waals surface area contributed by atoms with Gasteiger partial charge in [0, 0.05) is 18.1 Å². The first-order valence-corrected chi connectivity index (χ1v) is 5.00. The van der Waals surface area contributed by atoms with Gasteiger partial charge in [-0.2, -0.15) is 0 Å². The summed E-state index contributed by atoms with van der Waals surface area (Å²) in [4.78, 5) is 10.6. The first-order chi connectivity index (χ1) is 7.66. The molecule has 0 aromatic heterocycles. The molecular weight excluding hydrogens is 212 g/mol. The second-order valence-electron chi connectivity index (χ2n) is 3.55. The smallest absolute Gasteiger partial charge is 0.307 e. The van der Waals surface area contributed by atoms with Crippen molar-refractivity contribution in [3.05, 3.63) is 17.7 Å². The summed E-state index contributed by atoms with van der Waals surface area (Å²) in [6.07, 6.45) is 0.534. The van der Waals surface area contributed by atoms with Crippen LogP contribution < -0.4 is 9.47 Å². The van der Waals surface area contributed by atoms with Crippen LogP contribution in [0.4, 0.5) is 0 Å². The molecule has 86 valence electrons. The number of aliphatic carboxylic acids is 1. The largest absolute Gasteiger partial charge is 0.508 e. The van der Waals surface area contributed by atoms with E-state index < -0.39 is 5.97 Å². The fourth-order valence-electron chi connectivity index (χ4n) is 1.54. The van der Waals surface area contributed by atoms with Crippen LogP contribution in [0, 0.1) is 0 Å². The van der Waals surface area contributed by atoms with Gasteiger partial charge in [-0.25, -0.2) is 0 Å². The van der Waals surface area contributed by atoms with Crippen LogP contribution in [0.1, 0.15) is 12.0 Å². The third kappa shape index (κ3) is 2.18. The van der Waals surface area contributed by atoms with E-state index in [4.69, 9.17) is 14.6 Å². The molecule has 0 spiro atoms. The summed E-state index contributed by atoms with van der Waals surface area (Å²) in [5, 5.41) is 18.3. The number of benzene rings is 1. The first-order valence-electron chi connectivity index (χ1n) is 5.00. The molecular formula is C11H12O5. The Kier molecular flexibility index (Phi) is 2.85. The highest BCUT2D eigenvalue weighted by atomic mass is 16.5. The zero-order chi connectivity index (χ0) is 11.5. The number of hydrogen-bond donors (Lipinski definition) is 2. The Bertz CT molecular complexity index is 413. The molecule has 0 aliphatic carbocycles. The maximum absolute atomic E-state index is 10.6. The van der Waals surface area contributed by atoms with Crippen molar-refractivity contribution in [2.45, 2.75) is 12.8 Å². The van der Waals surface area contributed by atoms with Gasteiger partial charge in [0.05, 0.1) is 19.6 Å². The second-order valence-corrected chi connectivity index (χ2v) is 3.55. The number of carboxylic acids is 1. The number of fused-ring (bicyclic) bond motifs is 1. The maximum Gasteiger partial charge on any atom is 0.307 e. The van der Waals surface area contributed by atoms with Crippen molar-refractivity contribution >= 4 is 5.97 Å². The standard InChI is InChI=1S/C11H12O5/c12-8-6-10-9(15-2-1-3-16-10)4-7(8)5-11(13)14/h4,6,12H,1-3,5H2,(H,13,14). The topological polar surface area (TPSA) is 76.0 Å². The Labute approximate surface area is 92.2 Å². The molecule has 16 heavy (non-hydrogen) atoms. The molecule has 0 saturated heterocycles. The van der Waals surface area contributed by atoms with Gasteiger partial charge in [0.2, 0.25) is 0 Å². The molecule has 0 unspecified atom stereocenters. The predicted octanol–water partition coefficient (Wildman–Crippen LogP) is 1.18. The van der Waals surface area contributed by atoms with E-state index in [1.807, 2.05) is 0 Å². The summed E-state index contributed by atoms with van der Waals surface area (Å²) < 4.78 is 10.8. The zero-order valence-corrected chi connectivity index (χ0v) is 8.60. The van der Waals surface area contributed by atoms with E-state index in [1.54, 1.807) is 0 Å². The summed E-state index contributed by atoms with van der Waals surface area (Å²) in [6, 6.07) is 2.92. The van der Waals surface area contributed by atoms with Gasteiger partial charge in [-0.05, 0) is 6.07 Å². The lowest BCUT2D eigenvalue weighted by Gasteiger charge is -2.10. The summed E-state index contributed by atoms with van der Waals surface area (Å²) >= 11 is 0. The number of carboxylic acid groups (broad SMARTS) is 1. The summed E-state index contributed by atoms with van der Waals surface area (Å²) in [7, 11) is 0. The van der Waals surface area contributed by atoms with Gasteiger partial charge < -0.3 is 19.7 Å². The van der Waals surface area contributed by atoms with Crippen LogP contribution in [-0.4, -0.2) is 29.4 Å². The fourth-order valence-corrected chi connectivity index (χ4v) is 1.54. The van der Waals surface area contributed by atoms with Gasteiger partial charge in [-0.1, -0.05) is 0 Å². The first kappa shape index (κ1) is 10.6. The van der Waals surface area contributed by atoms with Crippen LogP contribution >= 0.6 is 0 Å². The lowest BCUT2D eigenvalue weighted by atomic mass is 10.1. The van der Waals surface area contributed by atoms with Crippen molar-refractivity contribution in [1.29, 1.82) is 0 Å². The van der Waals surface area contributed by atoms with E-state index in [2.05, 4.69) is 0 Å². The van der Waals surface area contributed by atoms with Crippen molar-refractivity contribution in [1.82, 2.24) is 0 Å². The highest BCUT2D eigenvalue weighted by molar-refractivity contribution is 5.72. The Morgan fingerprint density at radius 3 is 2.50 bits per heavy atom. The van der Waals surface area contributed by atoms with Crippen LogP contribution in [0.5, 0.6) is 17.2 Å². The molecule has 5 nitrogen and oxygen atoms in total. The Balaban J connectivity index is 2.34. The normalized spacial score (nSPS) is 14.2. The Morgan fingerprint density at radius 2 is 1.88 bits per heavy atom. The van der Waals surface area contributed by atoms with Crippen LogP contribution in [0.25, 0.3) is 0 Å². The molecule has 0 bridgehead atoms. The molecule has 1 aromatic rings. The van der Waals surface area contributed by atoms with E-state index in [0.717, 1.165) is 6.42 Å². The lowest BCUT2D eigenvalue weighted by Crippen LogP contribution is -2.01. The molecule has 2 rings (SSSR count). The fraction of sp³-hybridized carbons (Fsp3) is 0.364. The average molecular weight is 224 g/mol. The van der Waals surface area contributed by atoms with E-state index in [9.17, 15) is 9.90 Å². The van der Waals surface area contributed by atoms with E-state index in [0.29, 0.717) is 30.3 Å². The highest BCUT2D eigenvalue weighted by Gasteiger charge is 2.15. The minimum absolute atomic E-state index is 0.0772. The molecule has 1 aliphatic heterocycles. The van der Waals surface area contributed by atoms with Crippen LogP contribution in [0.3, 0.4) is 0 Å². The van der Waals surface area contributed by atoms with E-state index in [1.165, 1.54) is 12.1 Å². The van der Waals surface area contributed by atoms with Gasteiger partial charge in [0.25, 0.3) is 0 Å². The third-order valence-corrected chi connectivity index (χ3v) is 2.29. The Hall–Kier alpha value is -1.91. The SMILES string of the molecule is O=C(O)Cc1cc2c(cc1O)OCCCO2. The van der Waals surface area contributed by atoms with Crippen LogP contribution in [-0.2, 0) is 11.2 Å². The van der Waals surface area contributed by atoms with Gasteiger partial charge in [0.1, 0.15) is 5.75 Å². The molecule has 1 aliphatic rings. The van der Waals surface area contributed by atoms with Gasteiger partial charge >= 0.3 is 5.97 Å². The number of carbonyl (C=O) groups is 1. The van der Waals surface area contributed by atoms with Gasteiger partial charge in [-0.15, -0.1) is 0 Å². The minimum atomic E-state index is -0.996. The number of ether oxygens (including phenoxy) is 2. The minimum Gasteiger partial charge on any atom is -0.508 e. The summed E-state index contributed by atoms with van der Waals surface area (Å²) in [5.41, 5.74) is 0.330. The number of phenolic OH excluding ortho intramolecular Hbond substituents is 1. The quantitative estimate of drug-likeness (QED) is 0.788. The molecule has 5 heteroatoms. The predicted molar refractivity (Wildman–Crippen MR) is 55.1 cm³/mol. The molecule has 0 saturated carbocycles. The van der Waals surface area contributed by atoms with Crippen molar-refractivity contribution in [2.75, 3.05) is 13.2 Å². The Morgan fingerprint density at radius 1 is 1.25 bits per heavy atom. The second kappa shape index (κ2) is 4.30. The number of phenols is 1. The highest BCUT2D eigenvalue weighted by Crippen LogP contribution is 2.35. The molecule has 0 fully saturated rings. The average Bonchev–Trinajstić information content (AvgIpc) is 2.42. The third-order valence-electron chi connectivity index (χ3n) is 2.29. The number of hydrogen-bond acceptors (Lipinski definition) is 4. The van der Waals surface area contributed by atoms with Crippen molar-refractivity contribution in [2.24, 2.45) is 0 Å². The van der Waals surface area contributed by atoms with Gasteiger partial charge in [0.15, 0.2) is 11.5 Å². The van der Waals surface area contributed by atoms with Gasteiger partial charge in [-0.3, -0.25) is 4.79 Å². The molecule has 0 radical (unpaired) electrons. The molecule has 1 heterocycles. The number of rotatable bonds is 2. The molecule has 2 N–H and O–H groups in total. The lowest BCUT2D eigenvalue weighted by molar-refractivity contribution is -0.136. The summed E-state index contributed by atoms with van der Waals surface area (Å²) in [6.45, 7) is 1.06. The summed E-state index contributed by atoms with van der Waals surface area (Å²) in [5.74, 6) is -0.118. The number of aromatic hydroxyl groups is 1. The van der Waals surface area contributed by atoms with Crippen molar-refractivity contribution in [3.63, 3.8) is 0 Å². The van der Waals surface area contributed by atoms with Crippen LogP contribution in [0.2, 0.25) is 0 Å². The molecule has 0 atom stereocenters.